The summed E-state index contributed by atoms with van der Waals surface area (Å²) >= 11 is 0. The minimum absolute atomic E-state index is 0.345. The molecule has 1 heterocycles. The van der Waals surface area contributed by atoms with E-state index in [0.29, 0.717) is 11.6 Å². The third-order valence-corrected chi connectivity index (χ3v) is 4.66. The summed E-state index contributed by atoms with van der Waals surface area (Å²) in [7, 11) is 2.11. The van der Waals surface area contributed by atoms with Gasteiger partial charge in [-0.1, -0.05) is 18.4 Å². The van der Waals surface area contributed by atoms with Crippen molar-refractivity contribution in [3.8, 4) is 0 Å². The van der Waals surface area contributed by atoms with Gasteiger partial charge >= 0.3 is 0 Å². The zero-order chi connectivity index (χ0) is 13.0. The number of nitrogens with one attached hydrogen (secondary N) is 1. The Labute approximate surface area is 112 Å². The maximum Gasteiger partial charge on any atom is 0.0594 e. The Kier molecular flexibility index (Phi) is 4.82. The molecule has 1 unspecified atom stereocenters. The van der Waals surface area contributed by atoms with Gasteiger partial charge in [-0.15, -0.1) is 6.58 Å². The summed E-state index contributed by atoms with van der Waals surface area (Å²) in [6, 6.07) is 0.538. The van der Waals surface area contributed by atoms with Gasteiger partial charge in [-0.3, -0.25) is 4.90 Å². The first kappa shape index (κ1) is 14.0. The molecule has 2 fully saturated rings. The van der Waals surface area contributed by atoms with Crippen molar-refractivity contribution < 1.29 is 4.74 Å². The topological polar surface area (TPSA) is 24.5 Å². The molecule has 3 nitrogen and oxygen atoms in total. The molecule has 1 aliphatic heterocycles. The molecule has 0 aromatic rings. The van der Waals surface area contributed by atoms with Crippen LogP contribution in [0, 0.1) is 0 Å². The van der Waals surface area contributed by atoms with E-state index in [9.17, 15) is 0 Å². The van der Waals surface area contributed by atoms with Crippen LogP contribution in [0.15, 0.2) is 12.2 Å². The molecule has 3 heteroatoms. The van der Waals surface area contributed by atoms with Gasteiger partial charge in [-0.05, 0) is 33.2 Å². The van der Waals surface area contributed by atoms with Crippen molar-refractivity contribution in [2.75, 3.05) is 33.4 Å². The minimum Gasteiger partial charge on any atom is -0.379 e. The fourth-order valence-electron chi connectivity index (χ4n) is 3.79. The van der Waals surface area contributed by atoms with Crippen LogP contribution in [0.25, 0.3) is 0 Å². The van der Waals surface area contributed by atoms with Gasteiger partial charge < -0.3 is 10.1 Å². The second kappa shape index (κ2) is 6.18. The Morgan fingerprint density at radius 2 is 1.94 bits per heavy atom. The predicted octanol–water partition coefficient (Wildman–Crippen LogP) is 2.19. The summed E-state index contributed by atoms with van der Waals surface area (Å²) < 4.78 is 5.52. The molecular formula is C15H28N2O. The van der Waals surface area contributed by atoms with Gasteiger partial charge in [0.2, 0.25) is 0 Å². The number of morpholine rings is 1. The number of nitrogens with zero attached hydrogens (tertiary/aromatic N) is 1. The van der Waals surface area contributed by atoms with E-state index in [1.165, 1.54) is 31.3 Å². The smallest absolute Gasteiger partial charge is 0.0594 e. The van der Waals surface area contributed by atoms with Crippen LogP contribution in [0.1, 0.15) is 39.0 Å². The standard InChI is InChI=1S/C15H28N2O/c1-13(2)12-14(16-3)15(6-4-5-7-15)17-8-10-18-11-9-17/h14,16H,1,4-12H2,2-3H3. The Hall–Kier alpha value is -0.380. The van der Waals surface area contributed by atoms with Gasteiger partial charge in [0.15, 0.2) is 0 Å². The van der Waals surface area contributed by atoms with Gasteiger partial charge in [0, 0.05) is 24.7 Å². The minimum atomic E-state index is 0.345. The van der Waals surface area contributed by atoms with Crippen molar-refractivity contribution in [2.45, 2.75) is 50.6 Å². The molecule has 2 aliphatic rings. The number of likely N-dealkylation sites (N-methyl/N-ethyl adjacent to an activating group) is 1. The first-order valence-corrected chi connectivity index (χ1v) is 7.33. The average Bonchev–Trinajstić information content (AvgIpc) is 2.87. The molecule has 0 bridgehead atoms. The van der Waals surface area contributed by atoms with Crippen LogP contribution < -0.4 is 5.32 Å². The molecule has 18 heavy (non-hydrogen) atoms. The maximum absolute atomic E-state index is 5.52. The van der Waals surface area contributed by atoms with E-state index in [-0.39, 0.29) is 0 Å². The lowest BCUT2D eigenvalue weighted by Crippen LogP contribution is -2.61. The van der Waals surface area contributed by atoms with Crippen molar-refractivity contribution >= 4 is 0 Å². The van der Waals surface area contributed by atoms with Crippen LogP contribution in [0.3, 0.4) is 0 Å². The largest absolute Gasteiger partial charge is 0.379 e. The lowest BCUT2D eigenvalue weighted by atomic mass is 9.82. The van der Waals surface area contributed by atoms with Gasteiger partial charge in [0.1, 0.15) is 0 Å². The highest BCUT2D eigenvalue weighted by molar-refractivity contribution is 5.08. The lowest BCUT2D eigenvalue weighted by molar-refractivity contribution is -0.0347. The number of rotatable bonds is 5. The molecule has 0 spiro atoms. The van der Waals surface area contributed by atoms with Crippen LogP contribution in [0.4, 0.5) is 0 Å². The highest BCUT2D eigenvalue weighted by atomic mass is 16.5. The zero-order valence-corrected chi connectivity index (χ0v) is 12.0. The molecule has 1 saturated heterocycles. The summed E-state index contributed by atoms with van der Waals surface area (Å²) in [5.74, 6) is 0. The van der Waals surface area contributed by atoms with Crippen molar-refractivity contribution in [1.29, 1.82) is 0 Å². The van der Waals surface area contributed by atoms with Crippen LogP contribution in [-0.4, -0.2) is 49.8 Å². The Morgan fingerprint density at radius 1 is 1.33 bits per heavy atom. The van der Waals surface area contributed by atoms with E-state index in [4.69, 9.17) is 4.74 Å². The van der Waals surface area contributed by atoms with E-state index in [1.54, 1.807) is 0 Å². The maximum atomic E-state index is 5.52. The molecule has 1 aliphatic carbocycles. The summed E-state index contributed by atoms with van der Waals surface area (Å²) in [6.45, 7) is 10.2. The number of hydrogen-bond acceptors (Lipinski definition) is 3. The zero-order valence-electron chi connectivity index (χ0n) is 12.0. The fraction of sp³-hybridized carbons (Fsp3) is 0.867. The van der Waals surface area contributed by atoms with E-state index >= 15 is 0 Å². The summed E-state index contributed by atoms with van der Waals surface area (Å²) in [6.07, 6.45) is 6.48. The fourth-order valence-corrected chi connectivity index (χ4v) is 3.79. The average molecular weight is 252 g/mol. The molecule has 104 valence electrons. The lowest BCUT2D eigenvalue weighted by Gasteiger charge is -2.48. The van der Waals surface area contributed by atoms with Crippen molar-refractivity contribution in [1.82, 2.24) is 10.2 Å². The summed E-state index contributed by atoms with van der Waals surface area (Å²) in [5, 5.41) is 3.57. The highest BCUT2D eigenvalue weighted by Crippen LogP contribution is 2.40. The number of ether oxygens (including phenoxy) is 1. The molecular weight excluding hydrogens is 224 g/mol. The van der Waals surface area contributed by atoms with E-state index in [1.807, 2.05) is 0 Å². The van der Waals surface area contributed by atoms with Gasteiger partial charge in [0.25, 0.3) is 0 Å². The predicted molar refractivity (Wildman–Crippen MR) is 75.9 cm³/mol. The van der Waals surface area contributed by atoms with E-state index < -0.39 is 0 Å². The Balaban J connectivity index is 2.15. The molecule has 1 saturated carbocycles. The molecule has 2 rings (SSSR count). The SMILES string of the molecule is C=C(C)CC(NC)C1(N2CCOCC2)CCCC1. The van der Waals surface area contributed by atoms with E-state index in [2.05, 4.69) is 30.8 Å². The Bertz CT molecular complexity index is 278. The van der Waals surface area contributed by atoms with Crippen molar-refractivity contribution in [3.63, 3.8) is 0 Å². The number of hydrogen-bond donors (Lipinski definition) is 1. The third-order valence-electron chi connectivity index (χ3n) is 4.66. The summed E-state index contributed by atoms with van der Waals surface area (Å²) in [5.41, 5.74) is 1.63. The molecule has 1 atom stereocenters. The van der Waals surface area contributed by atoms with Crippen LogP contribution in [-0.2, 0) is 4.74 Å². The molecule has 0 radical (unpaired) electrons. The van der Waals surface area contributed by atoms with Gasteiger partial charge in [-0.2, -0.15) is 0 Å². The first-order valence-electron chi connectivity index (χ1n) is 7.33. The summed E-state index contributed by atoms with van der Waals surface area (Å²) in [4.78, 5) is 2.69. The molecule has 1 N–H and O–H groups in total. The van der Waals surface area contributed by atoms with Crippen LogP contribution >= 0.6 is 0 Å². The quantitative estimate of drug-likeness (QED) is 0.759. The van der Waals surface area contributed by atoms with E-state index in [0.717, 1.165) is 32.7 Å². The third kappa shape index (κ3) is 2.79. The second-order valence-electron chi connectivity index (χ2n) is 5.91. The molecule has 0 aromatic carbocycles. The van der Waals surface area contributed by atoms with Gasteiger partial charge in [-0.25, -0.2) is 0 Å². The van der Waals surface area contributed by atoms with Crippen LogP contribution in [0.2, 0.25) is 0 Å². The normalized spacial score (nSPS) is 26.1. The molecule has 0 amide bonds. The highest BCUT2D eigenvalue weighted by Gasteiger charge is 2.45. The van der Waals surface area contributed by atoms with Gasteiger partial charge in [0.05, 0.1) is 13.2 Å². The Morgan fingerprint density at radius 3 is 2.44 bits per heavy atom. The second-order valence-corrected chi connectivity index (χ2v) is 5.91. The van der Waals surface area contributed by atoms with Crippen LogP contribution in [0.5, 0.6) is 0 Å². The van der Waals surface area contributed by atoms with Crippen molar-refractivity contribution in [2.24, 2.45) is 0 Å². The molecule has 0 aromatic heterocycles. The first-order chi connectivity index (χ1) is 8.69. The van der Waals surface area contributed by atoms with Crippen molar-refractivity contribution in [3.05, 3.63) is 12.2 Å². The monoisotopic (exact) mass is 252 g/mol.